The lowest BCUT2D eigenvalue weighted by molar-refractivity contribution is -0.120. The smallest absolute Gasteiger partial charge is 0.227 e. The highest BCUT2D eigenvalue weighted by Gasteiger charge is 2.27. The van der Waals surface area contributed by atoms with Gasteiger partial charge in [-0.2, -0.15) is 0 Å². The summed E-state index contributed by atoms with van der Waals surface area (Å²) in [4.78, 5) is 20.1. The molecule has 10 heteroatoms. The zero-order valence-corrected chi connectivity index (χ0v) is 18.6. The predicted molar refractivity (Wildman–Crippen MR) is 123 cm³/mol. The Morgan fingerprint density at radius 3 is 2.61 bits per heavy atom. The van der Waals surface area contributed by atoms with E-state index in [0.29, 0.717) is 25.9 Å². The van der Waals surface area contributed by atoms with Crippen LogP contribution in [0.4, 0.5) is 19.6 Å². The molecule has 0 saturated carbocycles. The van der Waals surface area contributed by atoms with Crippen molar-refractivity contribution in [3.63, 3.8) is 0 Å². The normalized spacial score (nSPS) is 14.6. The predicted octanol–water partition coefficient (Wildman–Crippen LogP) is 4.60. The number of imidazole rings is 1. The highest BCUT2D eigenvalue weighted by atomic mass is 32.1. The van der Waals surface area contributed by atoms with Gasteiger partial charge in [0.15, 0.2) is 0 Å². The Kier molecular flexibility index (Phi) is 5.67. The van der Waals surface area contributed by atoms with Crippen LogP contribution in [0, 0.1) is 17.6 Å². The zero-order valence-electron chi connectivity index (χ0n) is 17.8. The number of aromatic nitrogens is 3. The third-order valence-corrected chi connectivity index (χ3v) is 6.72. The fraction of sp³-hybridized carbons (Fsp3) is 0.261. The van der Waals surface area contributed by atoms with E-state index in [1.807, 2.05) is 30.5 Å². The number of benzene rings is 2. The number of hydrogen-bond donors (Lipinski definition) is 1. The number of hydrogen-bond acceptors (Lipinski definition) is 6. The van der Waals surface area contributed by atoms with E-state index in [4.69, 9.17) is 4.74 Å². The van der Waals surface area contributed by atoms with Crippen molar-refractivity contribution in [1.29, 1.82) is 0 Å². The van der Waals surface area contributed by atoms with E-state index in [2.05, 4.69) is 20.3 Å². The van der Waals surface area contributed by atoms with Gasteiger partial charge >= 0.3 is 0 Å². The second-order valence-electron chi connectivity index (χ2n) is 7.84. The summed E-state index contributed by atoms with van der Waals surface area (Å²) in [6, 6.07) is 10.7. The number of nitrogens with zero attached hydrogens (tertiary/aromatic N) is 4. The molecule has 1 aliphatic rings. The number of halogens is 2. The summed E-state index contributed by atoms with van der Waals surface area (Å²) in [7, 11) is 1.63. The van der Waals surface area contributed by atoms with E-state index in [1.54, 1.807) is 11.6 Å². The monoisotopic (exact) mass is 469 g/mol. The second kappa shape index (κ2) is 8.78. The van der Waals surface area contributed by atoms with Crippen molar-refractivity contribution < 1.29 is 18.3 Å². The number of carbonyl (C=O) groups excluding carboxylic acids is 1. The fourth-order valence-corrected chi connectivity index (χ4v) is 4.81. The van der Waals surface area contributed by atoms with Crippen LogP contribution in [0.15, 0.2) is 48.7 Å². The van der Waals surface area contributed by atoms with Crippen LogP contribution in [0.3, 0.4) is 0 Å². The highest BCUT2D eigenvalue weighted by molar-refractivity contribution is 7.20. The Morgan fingerprint density at radius 1 is 1.15 bits per heavy atom. The maximum atomic E-state index is 13.8. The van der Waals surface area contributed by atoms with Crippen LogP contribution < -0.4 is 15.0 Å². The molecule has 4 aromatic rings. The SMILES string of the molecule is COc1ccc(-c2cn3nc(N4CCC(C(=O)Nc5cc(F)ccc5F)CC4)sc3n2)cc1. The number of carbonyl (C=O) groups is 1. The molecule has 0 spiro atoms. The number of ether oxygens (including phenoxy) is 1. The Labute approximate surface area is 192 Å². The van der Waals surface area contributed by atoms with E-state index in [0.717, 1.165) is 45.3 Å². The molecule has 0 bridgehead atoms. The molecule has 0 aliphatic carbocycles. The third-order valence-electron chi connectivity index (χ3n) is 5.74. The van der Waals surface area contributed by atoms with Crippen molar-refractivity contribution >= 4 is 33.0 Å². The fourth-order valence-electron chi connectivity index (χ4n) is 3.88. The van der Waals surface area contributed by atoms with Crippen LogP contribution in [-0.2, 0) is 4.79 Å². The molecule has 1 fully saturated rings. The van der Waals surface area contributed by atoms with E-state index in [-0.39, 0.29) is 17.5 Å². The molecule has 0 radical (unpaired) electrons. The molecule has 3 heterocycles. The molecule has 5 rings (SSSR count). The largest absolute Gasteiger partial charge is 0.497 e. The maximum absolute atomic E-state index is 13.8. The number of anilines is 2. The van der Waals surface area contributed by atoms with Gasteiger partial charge in [-0.3, -0.25) is 4.79 Å². The molecule has 1 saturated heterocycles. The zero-order chi connectivity index (χ0) is 22.9. The van der Waals surface area contributed by atoms with Gasteiger partial charge in [0.25, 0.3) is 0 Å². The number of piperidine rings is 1. The number of rotatable bonds is 5. The lowest BCUT2D eigenvalue weighted by Crippen LogP contribution is -2.38. The van der Waals surface area contributed by atoms with Crippen LogP contribution in [0.25, 0.3) is 16.2 Å². The summed E-state index contributed by atoms with van der Waals surface area (Å²) in [5, 5.41) is 8.01. The molecule has 170 valence electrons. The van der Waals surface area contributed by atoms with Crippen molar-refractivity contribution in [2.24, 2.45) is 5.92 Å². The van der Waals surface area contributed by atoms with Gasteiger partial charge in [0.1, 0.15) is 17.4 Å². The third kappa shape index (κ3) is 4.38. The van der Waals surface area contributed by atoms with E-state index < -0.39 is 11.6 Å². The first kappa shape index (κ1) is 21.3. The van der Waals surface area contributed by atoms with Crippen molar-refractivity contribution in [2.45, 2.75) is 12.8 Å². The van der Waals surface area contributed by atoms with E-state index in [9.17, 15) is 13.6 Å². The van der Waals surface area contributed by atoms with Crippen LogP contribution in [0.2, 0.25) is 0 Å². The average Bonchev–Trinajstić information content (AvgIpc) is 3.41. The molecule has 0 unspecified atom stereocenters. The van der Waals surface area contributed by atoms with Crippen LogP contribution >= 0.6 is 11.3 Å². The number of fused-ring (bicyclic) bond motifs is 1. The van der Waals surface area contributed by atoms with Gasteiger partial charge in [0.05, 0.1) is 24.7 Å². The van der Waals surface area contributed by atoms with Crippen molar-refractivity contribution in [1.82, 2.24) is 14.6 Å². The van der Waals surface area contributed by atoms with Gasteiger partial charge in [-0.25, -0.2) is 18.3 Å². The summed E-state index contributed by atoms with van der Waals surface area (Å²) in [5.74, 6) is -1.02. The Morgan fingerprint density at radius 2 is 1.91 bits per heavy atom. The minimum absolute atomic E-state index is 0.128. The lowest BCUT2D eigenvalue weighted by atomic mass is 9.96. The van der Waals surface area contributed by atoms with Gasteiger partial charge in [-0.05, 0) is 49.2 Å². The second-order valence-corrected chi connectivity index (χ2v) is 8.78. The first-order chi connectivity index (χ1) is 16.0. The minimum Gasteiger partial charge on any atom is -0.497 e. The lowest BCUT2D eigenvalue weighted by Gasteiger charge is -2.30. The summed E-state index contributed by atoms with van der Waals surface area (Å²) in [5.41, 5.74) is 1.69. The molecular weight excluding hydrogens is 448 g/mol. The number of nitrogens with one attached hydrogen (secondary N) is 1. The van der Waals surface area contributed by atoms with Gasteiger partial charge in [-0.15, -0.1) is 5.10 Å². The molecule has 7 nitrogen and oxygen atoms in total. The van der Waals surface area contributed by atoms with Crippen LogP contribution in [-0.4, -0.2) is 40.7 Å². The van der Waals surface area contributed by atoms with Gasteiger partial charge in [0.2, 0.25) is 16.0 Å². The molecule has 2 aromatic heterocycles. The molecule has 33 heavy (non-hydrogen) atoms. The summed E-state index contributed by atoms with van der Waals surface area (Å²) in [6.07, 6.45) is 3.09. The highest BCUT2D eigenvalue weighted by Crippen LogP contribution is 2.30. The first-order valence-electron chi connectivity index (χ1n) is 10.5. The number of methoxy groups -OCH3 is 1. The van der Waals surface area contributed by atoms with Crippen LogP contribution in [0.1, 0.15) is 12.8 Å². The number of amides is 1. The summed E-state index contributed by atoms with van der Waals surface area (Å²) in [6.45, 7) is 1.29. The van der Waals surface area contributed by atoms with Crippen LogP contribution in [0.5, 0.6) is 5.75 Å². The van der Waals surface area contributed by atoms with Crippen molar-refractivity contribution in [2.75, 3.05) is 30.4 Å². The Balaban J connectivity index is 1.22. The molecule has 1 amide bonds. The topological polar surface area (TPSA) is 71.8 Å². The Hall–Kier alpha value is -3.53. The van der Waals surface area contributed by atoms with E-state index in [1.165, 1.54) is 11.3 Å². The first-order valence-corrected chi connectivity index (χ1v) is 11.3. The molecular formula is C23H21F2N5O2S. The minimum atomic E-state index is -0.651. The Bertz CT molecular complexity index is 1260. The van der Waals surface area contributed by atoms with Gasteiger partial charge < -0.3 is 15.0 Å². The van der Waals surface area contributed by atoms with Gasteiger partial charge in [-0.1, -0.05) is 11.3 Å². The molecule has 1 N–H and O–H groups in total. The molecule has 1 aliphatic heterocycles. The van der Waals surface area contributed by atoms with E-state index >= 15 is 0 Å². The molecule has 0 atom stereocenters. The maximum Gasteiger partial charge on any atom is 0.227 e. The standard InChI is InChI=1S/C23H21F2N5O2S/c1-32-17-5-2-14(3-6-17)20-13-30-22(27-20)33-23(28-30)29-10-8-15(9-11-29)21(31)26-19-12-16(24)4-7-18(19)25/h2-7,12-13,15H,8-11H2,1H3,(H,26,31). The molecule has 2 aromatic carbocycles. The average molecular weight is 470 g/mol. The van der Waals surface area contributed by atoms with Crippen molar-refractivity contribution in [3.8, 4) is 17.0 Å². The van der Waals surface area contributed by atoms with Gasteiger partial charge in [0, 0.05) is 30.6 Å². The van der Waals surface area contributed by atoms with Crippen molar-refractivity contribution in [3.05, 3.63) is 60.3 Å². The summed E-state index contributed by atoms with van der Waals surface area (Å²) >= 11 is 1.49. The summed E-state index contributed by atoms with van der Waals surface area (Å²) < 4.78 is 34.1. The quantitative estimate of drug-likeness (QED) is 0.463.